The van der Waals surface area contributed by atoms with Crippen LogP contribution in [0.2, 0.25) is 0 Å². The number of nitrogens with one attached hydrogen (secondary N) is 1. The van der Waals surface area contributed by atoms with Crippen LogP contribution in [-0.4, -0.2) is 138 Å². The highest BCUT2D eigenvalue weighted by Gasteiger charge is 2.57. The lowest BCUT2D eigenvalue weighted by Crippen LogP contribution is -2.65. The molecule has 0 bridgehead atoms. The van der Waals surface area contributed by atoms with Gasteiger partial charge in [0.1, 0.15) is 31.0 Å². The van der Waals surface area contributed by atoms with Gasteiger partial charge in [-0.2, -0.15) is 9.29 Å². The number of hydrogen-bond donors (Lipinski definition) is 6. The minimum atomic E-state index is -5.98. The molecule has 0 saturated carbocycles. The molecule has 0 radical (unpaired) electrons. The SMILES string of the molecule is CC(=O)OC[C@@H](OC(C)=O)[C@H]1O[C@H](OP(=O)(O)OP(=O)(O)OC[C@H]2O[C@@H](n3cnc4c(=O)[nH]c(N)nc43)[C@H](O)[C@@H]2O)[C@@H](OC(C)=O)[C@@H](OC(C)=O)[C@@H]1OC(C)=O. The number of aromatic amines is 1. The maximum atomic E-state index is 13.2. The van der Waals surface area contributed by atoms with E-state index < -0.39 is 126 Å². The molecule has 0 aliphatic carbocycles. The van der Waals surface area contributed by atoms with E-state index in [1.807, 2.05) is 0 Å². The van der Waals surface area contributed by atoms with Crippen molar-refractivity contribution in [3.8, 4) is 0 Å². The fourth-order valence-corrected chi connectivity index (χ4v) is 7.65. The van der Waals surface area contributed by atoms with Crippen molar-refractivity contribution < 1.29 is 99.6 Å². The third kappa shape index (κ3) is 11.1. The molecule has 56 heavy (non-hydrogen) atoms. The molecule has 0 amide bonds. The molecular formula is C27H37N5O22P2. The van der Waals surface area contributed by atoms with E-state index in [0.717, 1.165) is 45.5 Å². The minimum absolute atomic E-state index is 0.168. The molecule has 2 unspecified atom stereocenters. The number of ether oxygens (including phenoxy) is 7. The van der Waals surface area contributed by atoms with Gasteiger partial charge in [0.15, 0.2) is 41.8 Å². The van der Waals surface area contributed by atoms with Crippen molar-refractivity contribution in [3.05, 3.63) is 16.7 Å². The van der Waals surface area contributed by atoms with Gasteiger partial charge < -0.3 is 58.9 Å². The number of hydrogen-bond acceptors (Lipinski definition) is 23. The Morgan fingerprint density at radius 2 is 1.50 bits per heavy atom. The molecule has 2 aliphatic rings. The summed E-state index contributed by atoms with van der Waals surface area (Å²) in [6.07, 6.45) is -17.9. The predicted octanol–water partition coefficient (Wildman–Crippen LogP) is -2.41. The zero-order chi connectivity index (χ0) is 41.9. The number of rotatable bonds is 15. The first-order valence-corrected chi connectivity index (χ1v) is 18.9. The van der Waals surface area contributed by atoms with Crippen molar-refractivity contribution in [1.82, 2.24) is 19.5 Å². The number of phosphoric ester groups is 2. The molecule has 27 nitrogen and oxygen atoms in total. The zero-order valence-corrected chi connectivity index (χ0v) is 31.5. The molecule has 4 heterocycles. The molecule has 4 rings (SSSR count). The van der Waals surface area contributed by atoms with Crippen LogP contribution in [0.15, 0.2) is 11.1 Å². The van der Waals surface area contributed by atoms with Crippen molar-refractivity contribution in [1.29, 1.82) is 0 Å². The Morgan fingerprint density at radius 3 is 2.09 bits per heavy atom. The van der Waals surface area contributed by atoms with E-state index in [2.05, 4.69) is 19.3 Å². The molecule has 2 saturated heterocycles. The van der Waals surface area contributed by atoms with Gasteiger partial charge in [-0.15, -0.1) is 0 Å². The molecule has 2 aliphatic heterocycles. The van der Waals surface area contributed by atoms with E-state index in [4.69, 9.17) is 47.9 Å². The topological polar surface area (TPSA) is 382 Å². The van der Waals surface area contributed by atoms with E-state index in [-0.39, 0.29) is 17.1 Å². The van der Waals surface area contributed by atoms with Crippen molar-refractivity contribution in [2.75, 3.05) is 18.9 Å². The van der Waals surface area contributed by atoms with Gasteiger partial charge in [0.25, 0.3) is 5.56 Å². The first kappa shape index (κ1) is 44.3. The second-order valence-electron chi connectivity index (χ2n) is 11.9. The molecule has 0 spiro atoms. The Labute approximate surface area is 313 Å². The quantitative estimate of drug-likeness (QED) is 0.0617. The number of phosphoric acid groups is 2. The number of carbonyl (C=O) groups excluding carboxylic acids is 5. The Morgan fingerprint density at radius 1 is 0.893 bits per heavy atom. The Hall–Kier alpha value is -4.40. The first-order valence-electron chi connectivity index (χ1n) is 15.9. The van der Waals surface area contributed by atoms with Gasteiger partial charge in [-0.05, 0) is 0 Å². The standard InChI is InChI=1S/C27H37N5O22P2/c1-9(33)45-6-15(47-10(2)34)19-20(48-11(3)35)21(49-12(4)36)22(50-13(5)37)26(52-19)53-56(43,44)54-55(41,42)46-7-14-17(38)18(39)25(51-14)32-8-29-16-23(32)30-27(28)31-24(16)40/h8,14-15,17-22,25-26,38-39H,6-7H2,1-5H3,(H,41,42)(H,43,44)(H3,28,30,31,40)/t14-,15-,17-,18-,19-,20-,21+,22+,25-,26-/m1/s1. The van der Waals surface area contributed by atoms with Gasteiger partial charge in [0.2, 0.25) is 12.2 Å². The molecular weight excluding hydrogens is 808 g/mol. The number of anilines is 1. The fourth-order valence-electron chi connectivity index (χ4n) is 5.49. The van der Waals surface area contributed by atoms with Crippen molar-refractivity contribution in [3.63, 3.8) is 0 Å². The van der Waals surface area contributed by atoms with Crippen LogP contribution in [-0.2, 0) is 79.6 Å². The largest absolute Gasteiger partial charge is 0.483 e. The number of nitrogen functional groups attached to an aromatic ring is 1. The van der Waals surface area contributed by atoms with E-state index in [1.165, 1.54) is 0 Å². The van der Waals surface area contributed by atoms with Gasteiger partial charge in [0, 0.05) is 34.6 Å². The summed E-state index contributed by atoms with van der Waals surface area (Å²) in [6, 6.07) is 0. The number of imidazole rings is 1. The molecule has 7 N–H and O–H groups in total. The third-order valence-electron chi connectivity index (χ3n) is 7.48. The summed E-state index contributed by atoms with van der Waals surface area (Å²) >= 11 is 0. The van der Waals surface area contributed by atoms with E-state index in [1.54, 1.807) is 0 Å². The third-order valence-corrected chi connectivity index (χ3v) is 10.1. The van der Waals surface area contributed by atoms with E-state index >= 15 is 0 Å². The lowest BCUT2D eigenvalue weighted by Gasteiger charge is -2.45. The molecule has 2 fully saturated rings. The highest BCUT2D eigenvalue weighted by Crippen LogP contribution is 2.61. The normalized spacial score (nSPS) is 29.0. The zero-order valence-electron chi connectivity index (χ0n) is 29.7. The highest BCUT2D eigenvalue weighted by atomic mass is 31.3. The smallest absolute Gasteiger partial charge is 0.462 e. The van der Waals surface area contributed by atoms with Crippen LogP contribution in [0.5, 0.6) is 0 Å². The number of fused-ring (bicyclic) bond motifs is 1. The number of esters is 5. The number of nitrogens with two attached hydrogens (primary N) is 1. The number of aliphatic hydroxyl groups is 2. The summed E-state index contributed by atoms with van der Waals surface area (Å²) < 4.78 is 78.1. The van der Waals surface area contributed by atoms with Crippen molar-refractivity contribution >= 4 is 62.6 Å². The second kappa shape index (κ2) is 17.8. The van der Waals surface area contributed by atoms with Gasteiger partial charge in [-0.3, -0.25) is 47.4 Å². The lowest BCUT2D eigenvalue weighted by atomic mass is 9.94. The van der Waals surface area contributed by atoms with Crippen LogP contribution >= 0.6 is 15.6 Å². The van der Waals surface area contributed by atoms with Crippen molar-refractivity contribution in [2.24, 2.45) is 0 Å². The summed E-state index contributed by atoms with van der Waals surface area (Å²) in [5.41, 5.74) is 4.45. The van der Waals surface area contributed by atoms with Gasteiger partial charge >= 0.3 is 45.5 Å². The number of aromatic nitrogens is 4. The molecule has 0 aromatic carbocycles. The summed E-state index contributed by atoms with van der Waals surface area (Å²) in [5, 5.41) is 21.2. The number of H-pyrrole nitrogens is 1. The predicted molar refractivity (Wildman–Crippen MR) is 174 cm³/mol. The summed E-state index contributed by atoms with van der Waals surface area (Å²) in [7, 11) is -11.7. The van der Waals surface area contributed by atoms with Gasteiger partial charge in [-0.1, -0.05) is 0 Å². The number of nitrogens with zero attached hydrogens (tertiary/aromatic N) is 3. The molecule has 2 aromatic heterocycles. The molecule has 312 valence electrons. The molecule has 29 heteroatoms. The minimum Gasteiger partial charge on any atom is -0.462 e. The van der Waals surface area contributed by atoms with Gasteiger partial charge in [-0.25, -0.2) is 14.1 Å². The van der Waals surface area contributed by atoms with Gasteiger partial charge in [0.05, 0.1) is 12.9 Å². The highest BCUT2D eigenvalue weighted by molar-refractivity contribution is 7.61. The summed E-state index contributed by atoms with van der Waals surface area (Å²) in [4.78, 5) is 103. The van der Waals surface area contributed by atoms with Crippen LogP contribution in [0.4, 0.5) is 5.95 Å². The summed E-state index contributed by atoms with van der Waals surface area (Å²) in [6.45, 7) is 2.59. The maximum absolute atomic E-state index is 13.2. The number of carbonyl (C=O) groups is 5. The van der Waals surface area contributed by atoms with E-state index in [9.17, 15) is 57.9 Å². The Balaban J connectivity index is 1.57. The fraction of sp³-hybridized carbons (Fsp3) is 0.630. The van der Waals surface area contributed by atoms with Crippen LogP contribution in [0.3, 0.4) is 0 Å². The molecule has 12 atom stereocenters. The lowest BCUT2D eigenvalue weighted by molar-refractivity contribution is -0.301. The van der Waals surface area contributed by atoms with Crippen molar-refractivity contribution in [2.45, 2.75) is 96.0 Å². The van der Waals surface area contributed by atoms with Crippen LogP contribution in [0, 0.1) is 0 Å². The second-order valence-corrected chi connectivity index (χ2v) is 14.9. The number of aliphatic hydroxyl groups excluding tert-OH is 2. The molecule has 2 aromatic rings. The maximum Gasteiger partial charge on any atom is 0.483 e. The average Bonchev–Trinajstić information content (AvgIpc) is 3.59. The Kier molecular flexibility index (Phi) is 14.1. The van der Waals surface area contributed by atoms with Crippen LogP contribution < -0.4 is 11.3 Å². The monoisotopic (exact) mass is 845 g/mol. The van der Waals surface area contributed by atoms with Crippen LogP contribution in [0.25, 0.3) is 11.2 Å². The average molecular weight is 846 g/mol. The summed E-state index contributed by atoms with van der Waals surface area (Å²) in [5.74, 6) is -5.56. The Bertz CT molecular complexity index is 1970. The van der Waals surface area contributed by atoms with Crippen LogP contribution in [0.1, 0.15) is 40.8 Å². The van der Waals surface area contributed by atoms with E-state index in [0.29, 0.717) is 0 Å². The first-order chi connectivity index (χ1) is 26.0.